The van der Waals surface area contributed by atoms with Crippen LogP contribution in [0.2, 0.25) is 0 Å². The molecule has 18 heavy (non-hydrogen) atoms. The fourth-order valence-electron chi connectivity index (χ4n) is 2.92. The van der Waals surface area contributed by atoms with Crippen LogP contribution in [0.4, 0.5) is 0 Å². The second-order valence-corrected chi connectivity index (χ2v) is 5.54. The lowest BCUT2D eigenvalue weighted by molar-refractivity contribution is -0.156. The summed E-state index contributed by atoms with van der Waals surface area (Å²) in [4.78, 5) is 25.0. The largest absolute Gasteiger partial charge is 0.479 e. The Morgan fingerprint density at radius 2 is 1.83 bits per heavy atom. The van der Waals surface area contributed by atoms with Gasteiger partial charge in [-0.05, 0) is 38.5 Å². The van der Waals surface area contributed by atoms with Crippen LogP contribution in [-0.2, 0) is 14.3 Å². The maximum absolute atomic E-state index is 12.3. The van der Waals surface area contributed by atoms with Crippen molar-refractivity contribution >= 4 is 11.9 Å². The fraction of sp³-hybridized carbons (Fsp3) is 0.846. The molecule has 5 nitrogen and oxygen atoms in total. The molecular formula is C13H21NO4. The molecule has 2 rings (SSSR count). The molecule has 0 bridgehead atoms. The predicted molar refractivity (Wildman–Crippen MR) is 65.1 cm³/mol. The van der Waals surface area contributed by atoms with E-state index in [0.29, 0.717) is 18.8 Å². The minimum Gasteiger partial charge on any atom is -0.479 e. The number of ether oxygens (including phenoxy) is 1. The van der Waals surface area contributed by atoms with Crippen LogP contribution in [-0.4, -0.2) is 46.7 Å². The molecule has 1 N–H and O–H groups in total. The highest BCUT2D eigenvalue weighted by Crippen LogP contribution is 2.27. The molecule has 0 radical (unpaired) electrons. The Morgan fingerprint density at radius 3 is 2.39 bits per heavy atom. The molecule has 2 aliphatic rings. The Hall–Kier alpha value is -1.10. The summed E-state index contributed by atoms with van der Waals surface area (Å²) in [6, 6.07) is 0.230. The number of rotatable bonds is 2. The van der Waals surface area contributed by atoms with E-state index in [2.05, 4.69) is 13.8 Å². The van der Waals surface area contributed by atoms with E-state index in [1.807, 2.05) is 4.90 Å². The van der Waals surface area contributed by atoms with Crippen LogP contribution in [0.5, 0.6) is 0 Å². The molecule has 0 aromatic rings. The quantitative estimate of drug-likeness (QED) is 0.806. The first-order valence-electron chi connectivity index (χ1n) is 6.67. The maximum Gasteiger partial charge on any atom is 0.332 e. The summed E-state index contributed by atoms with van der Waals surface area (Å²) in [7, 11) is 0. The Morgan fingerprint density at radius 1 is 1.17 bits per heavy atom. The third-order valence-corrected chi connectivity index (χ3v) is 3.99. The van der Waals surface area contributed by atoms with Crippen molar-refractivity contribution in [2.45, 2.75) is 57.8 Å². The van der Waals surface area contributed by atoms with Crippen molar-refractivity contribution in [3.63, 3.8) is 0 Å². The molecule has 102 valence electrons. The lowest BCUT2D eigenvalue weighted by Gasteiger charge is -2.37. The van der Waals surface area contributed by atoms with Crippen LogP contribution in [0.25, 0.3) is 0 Å². The van der Waals surface area contributed by atoms with Gasteiger partial charge in [-0.2, -0.15) is 0 Å². The van der Waals surface area contributed by atoms with Gasteiger partial charge in [-0.1, -0.05) is 6.92 Å². The molecule has 0 aromatic heterocycles. The average Bonchev–Trinajstić information content (AvgIpc) is 2.77. The van der Waals surface area contributed by atoms with Gasteiger partial charge in [0, 0.05) is 12.6 Å². The van der Waals surface area contributed by atoms with Crippen LogP contribution in [0.1, 0.15) is 39.5 Å². The number of piperidine rings is 1. The van der Waals surface area contributed by atoms with E-state index in [9.17, 15) is 9.59 Å². The van der Waals surface area contributed by atoms with Gasteiger partial charge in [0.15, 0.2) is 6.10 Å². The van der Waals surface area contributed by atoms with Gasteiger partial charge < -0.3 is 14.7 Å². The third kappa shape index (κ3) is 2.66. The van der Waals surface area contributed by atoms with Crippen molar-refractivity contribution in [3.05, 3.63) is 0 Å². The number of aliphatic carboxylic acids is 1. The summed E-state index contributed by atoms with van der Waals surface area (Å²) in [6.07, 6.45) is 1.63. The summed E-state index contributed by atoms with van der Waals surface area (Å²) in [5, 5.41) is 8.86. The molecule has 0 aliphatic carbocycles. The van der Waals surface area contributed by atoms with Gasteiger partial charge in [-0.25, -0.2) is 4.79 Å². The highest BCUT2D eigenvalue weighted by molar-refractivity contribution is 5.83. The lowest BCUT2D eigenvalue weighted by atomic mass is 9.93. The Labute approximate surface area is 107 Å². The fourth-order valence-corrected chi connectivity index (χ4v) is 2.92. The number of hydrogen-bond acceptors (Lipinski definition) is 3. The first-order chi connectivity index (χ1) is 8.49. The summed E-state index contributed by atoms with van der Waals surface area (Å²) in [5.74, 6) is -0.343. The number of carbonyl (C=O) groups is 2. The van der Waals surface area contributed by atoms with E-state index in [-0.39, 0.29) is 11.9 Å². The zero-order valence-electron chi connectivity index (χ0n) is 11.0. The lowest BCUT2D eigenvalue weighted by Crippen LogP contribution is -2.48. The molecule has 0 aromatic carbocycles. The minimum absolute atomic E-state index is 0.0295. The highest BCUT2D eigenvalue weighted by atomic mass is 16.5. The summed E-state index contributed by atoms with van der Waals surface area (Å²) < 4.78 is 5.32. The van der Waals surface area contributed by atoms with Gasteiger partial charge in [0.25, 0.3) is 5.91 Å². The standard InChI is InChI=1S/C13H21NO4/c1-8-5-6-14(9(2)7-8)12(15)10-3-4-11(18-10)13(16)17/h8-11H,3-7H2,1-2H3,(H,16,17)/t8?,9?,10-,11+/m0/s1. The van der Waals surface area contributed by atoms with Crippen LogP contribution in [0.3, 0.4) is 0 Å². The van der Waals surface area contributed by atoms with Gasteiger partial charge in [-0.3, -0.25) is 4.79 Å². The Kier molecular flexibility index (Phi) is 3.90. The normalized spacial score (nSPS) is 36.7. The first-order valence-corrected chi connectivity index (χ1v) is 6.67. The van der Waals surface area contributed by atoms with Crippen LogP contribution < -0.4 is 0 Å². The maximum atomic E-state index is 12.3. The molecule has 2 unspecified atom stereocenters. The summed E-state index contributed by atoms with van der Waals surface area (Å²) in [5.41, 5.74) is 0. The number of carboxylic acids is 1. The average molecular weight is 255 g/mol. The minimum atomic E-state index is -0.967. The summed E-state index contributed by atoms with van der Waals surface area (Å²) >= 11 is 0. The molecular weight excluding hydrogens is 234 g/mol. The topological polar surface area (TPSA) is 66.8 Å². The van der Waals surface area contributed by atoms with Gasteiger partial charge >= 0.3 is 5.97 Å². The first kappa shape index (κ1) is 13.3. The van der Waals surface area contributed by atoms with Crippen molar-refractivity contribution < 1.29 is 19.4 Å². The molecule has 1 amide bonds. The van der Waals surface area contributed by atoms with Gasteiger partial charge in [-0.15, -0.1) is 0 Å². The van der Waals surface area contributed by atoms with E-state index in [4.69, 9.17) is 9.84 Å². The van der Waals surface area contributed by atoms with Crippen molar-refractivity contribution in [1.29, 1.82) is 0 Å². The molecule has 2 fully saturated rings. The van der Waals surface area contributed by atoms with E-state index >= 15 is 0 Å². The Balaban J connectivity index is 1.94. The zero-order chi connectivity index (χ0) is 13.3. The highest BCUT2D eigenvalue weighted by Gasteiger charge is 2.38. The van der Waals surface area contributed by atoms with Crippen molar-refractivity contribution in [3.8, 4) is 0 Å². The SMILES string of the molecule is CC1CCN(C(=O)[C@@H]2CC[C@H](C(=O)O)O2)C(C)C1. The second kappa shape index (κ2) is 5.26. The molecule has 4 atom stereocenters. The number of nitrogens with zero attached hydrogens (tertiary/aromatic N) is 1. The van der Waals surface area contributed by atoms with Gasteiger partial charge in [0.1, 0.15) is 6.10 Å². The van der Waals surface area contributed by atoms with Crippen molar-refractivity contribution in [2.75, 3.05) is 6.54 Å². The molecule has 2 aliphatic heterocycles. The molecule has 2 heterocycles. The molecule has 5 heteroatoms. The molecule has 2 saturated heterocycles. The van der Waals surface area contributed by atoms with E-state index in [1.165, 1.54) is 0 Å². The van der Waals surface area contributed by atoms with E-state index < -0.39 is 18.2 Å². The zero-order valence-corrected chi connectivity index (χ0v) is 11.0. The van der Waals surface area contributed by atoms with Crippen molar-refractivity contribution in [2.24, 2.45) is 5.92 Å². The van der Waals surface area contributed by atoms with Crippen molar-refractivity contribution in [1.82, 2.24) is 4.90 Å². The Bertz CT molecular complexity index is 344. The number of carboxylic acid groups (broad SMARTS) is 1. The molecule has 0 saturated carbocycles. The second-order valence-electron chi connectivity index (χ2n) is 5.54. The van der Waals surface area contributed by atoms with Crippen LogP contribution in [0.15, 0.2) is 0 Å². The van der Waals surface area contributed by atoms with Gasteiger partial charge in [0.2, 0.25) is 0 Å². The number of likely N-dealkylation sites (tertiary alicyclic amines) is 1. The van der Waals surface area contributed by atoms with E-state index in [0.717, 1.165) is 19.4 Å². The third-order valence-electron chi connectivity index (χ3n) is 3.99. The van der Waals surface area contributed by atoms with Crippen LogP contribution in [0, 0.1) is 5.92 Å². The molecule has 0 spiro atoms. The van der Waals surface area contributed by atoms with Gasteiger partial charge in [0.05, 0.1) is 0 Å². The van der Waals surface area contributed by atoms with Crippen LogP contribution >= 0.6 is 0 Å². The number of carbonyl (C=O) groups excluding carboxylic acids is 1. The summed E-state index contributed by atoms with van der Waals surface area (Å²) in [6.45, 7) is 5.01. The van der Waals surface area contributed by atoms with E-state index in [1.54, 1.807) is 0 Å². The monoisotopic (exact) mass is 255 g/mol. The smallest absolute Gasteiger partial charge is 0.332 e. The predicted octanol–water partition coefficient (Wildman–Crippen LogP) is 1.27. The number of hydrogen-bond donors (Lipinski definition) is 1. The number of amides is 1.